The van der Waals surface area contributed by atoms with Crippen molar-refractivity contribution in [3.63, 3.8) is 0 Å². The molecule has 0 aliphatic rings. The standard InChI is InChI=1S/C20H18N3/c1-14-3-7-17(8-4-14)20-10-5-15(2)23(20)13-16-6-9-18-12-21-22-19(18)11-16/h3-4,6-12H,13H2,1-2H3,(H,21,22). The highest BCUT2D eigenvalue weighted by molar-refractivity contribution is 5.78. The first-order valence-electron chi connectivity index (χ1n) is 7.77. The molecule has 1 radical (unpaired) electrons. The lowest BCUT2D eigenvalue weighted by Crippen LogP contribution is -2.03. The second kappa shape index (κ2) is 5.43. The van der Waals surface area contributed by atoms with Gasteiger partial charge >= 0.3 is 0 Å². The van der Waals surface area contributed by atoms with Gasteiger partial charge in [0.15, 0.2) is 0 Å². The van der Waals surface area contributed by atoms with E-state index in [-0.39, 0.29) is 0 Å². The SMILES string of the molecule is Cc1ccc(-c2c[c]c(C)n2Cc2ccc3cn[nH]c3c2)cc1. The molecule has 2 aromatic heterocycles. The third-order valence-electron chi connectivity index (χ3n) is 4.31. The minimum atomic E-state index is 0.827. The van der Waals surface area contributed by atoms with Gasteiger partial charge in [-0.2, -0.15) is 5.10 Å². The Kier molecular flexibility index (Phi) is 3.27. The summed E-state index contributed by atoms with van der Waals surface area (Å²) in [7, 11) is 0. The predicted octanol–water partition coefficient (Wildman–Crippen LogP) is 4.50. The lowest BCUT2D eigenvalue weighted by atomic mass is 10.1. The number of H-pyrrole nitrogens is 1. The summed E-state index contributed by atoms with van der Waals surface area (Å²) < 4.78 is 2.31. The van der Waals surface area contributed by atoms with Crippen LogP contribution in [0.15, 0.2) is 54.7 Å². The van der Waals surface area contributed by atoms with Crippen LogP contribution in [0, 0.1) is 19.9 Å². The monoisotopic (exact) mass is 300 g/mol. The number of hydrogen-bond donors (Lipinski definition) is 1. The van der Waals surface area contributed by atoms with Gasteiger partial charge in [0, 0.05) is 29.4 Å². The highest BCUT2D eigenvalue weighted by atomic mass is 15.1. The van der Waals surface area contributed by atoms with Crippen LogP contribution in [0.3, 0.4) is 0 Å². The largest absolute Gasteiger partial charge is 0.340 e. The number of aromatic amines is 1. The first-order chi connectivity index (χ1) is 11.2. The van der Waals surface area contributed by atoms with Crippen LogP contribution in [0.5, 0.6) is 0 Å². The maximum atomic E-state index is 4.09. The maximum absolute atomic E-state index is 4.09. The molecular weight excluding hydrogens is 282 g/mol. The van der Waals surface area contributed by atoms with Crippen molar-refractivity contribution in [2.24, 2.45) is 0 Å². The Bertz CT molecular complexity index is 958. The van der Waals surface area contributed by atoms with Crippen molar-refractivity contribution in [1.82, 2.24) is 14.8 Å². The highest BCUT2D eigenvalue weighted by Gasteiger charge is 2.09. The van der Waals surface area contributed by atoms with Crippen molar-refractivity contribution in [2.75, 3.05) is 0 Å². The van der Waals surface area contributed by atoms with Gasteiger partial charge < -0.3 is 4.57 Å². The molecule has 4 aromatic rings. The Hall–Kier alpha value is -2.81. The molecule has 2 heterocycles. The average Bonchev–Trinajstić information content (AvgIpc) is 3.16. The molecule has 0 atom stereocenters. The highest BCUT2D eigenvalue weighted by Crippen LogP contribution is 2.24. The van der Waals surface area contributed by atoms with E-state index in [4.69, 9.17) is 0 Å². The van der Waals surface area contributed by atoms with Crippen LogP contribution in [0.25, 0.3) is 22.2 Å². The lowest BCUT2D eigenvalue weighted by Gasteiger charge is -2.12. The summed E-state index contributed by atoms with van der Waals surface area (Å²) in [6.45, 7) is 5.04. The molecule has 0 unspecified atom stereocenters. The van der Waals surface area contributed by atoms with Crippen LogP contribution >= 0.6 is 0 Å². The molecule has 0 saturated carbocycles. The summed E-state index contributed by atoms with van der Waals surface area (Å²) in [5.41, 5.74) is 7.17. The predicted molar refractivity (Wildman–Crippen MR) is 93.4 cm³/mol. The molecule has 2 aromatic carbocycles. The van der Waals surface area contributed by atoms with E-state index in [1.165, 1.54) is 22.4 Å². The van der Waals surface area contributed by atoms with E-state index in [1.54, 1.807) is 0 Å². The molecule has 3 heteroatoms. The van der Waals surface area contributed by atoms with Crippen molar-refractivity contribution in [1.29, 1.82) is 0 Å². The van der Waals surface area contributed by atoms with Crippen molar-refractivity contribution in [2.45, 2.75) is 20.4 Å². The lowest BCUT2D eigenvalue weighted by molar-refractivity contribution is 0.784. The quantitative estimate of drug-likeness (QED) is 0.594. The van der Waals surface area contributed by atoms with E-state index in [2.05, 4.69) is 83.2 Å². The second-order valence-corrected chi connectivity index (χ2v) is 6.00. The number of nitrogens with one attached hydrogen (secondary N) is 1. The third kappa shape index (κ3) is 2.55. The number of aromatic nitrogens is 3. The Morgan fingerprint density at radius 3 is 2.74 bits per heavy atom. The van der Waals surface area contributed by atoms with Gasteiger partial charge in [0.05, 0.1) is 11.7 Å². The van der Waals surface area contributed by atoms with E-state index in [0.717, 1.165) is 23.1 Å². The van der Waals surface area contributed by atoms with Crippen molar-refractivity contribution >= 4 is 10.9 Å². The van der Waals surface area contributed by atoms with E-state index < -0.39 is 0 Å². The van der Waals surface area contributed by atoms with Crippen molar-refractivity contribution < 1.29 is 0 Å². The topological polar surface area (TPSA) is 33.6 Å². The average molecular weight is 300 g/mol. The molecule has 3 nitrogen and oxygen atoms in total. The van der Waals surface area contributed by atoms with Crippen LogP contribution < -0.4 is 0 Å². The molecule has 0 bridgehead atoms. The molecular formula is C20H18N3. The number of rotatable bonds is 3. The Balaban J connectivity index is 1.73. The Labute approximate surface area is 135 Å². The van der Waals surface area contributed by atoms with E-state index in [1.807, 2.05) is 6.20 Å². The summed E-state index contributed by atoms with van der Waals surface area (Å²) >= 11 is 0. The fourth-order valence-corrected chi connectivity index (χ4v) is 2.94. The molecule has 0 aliphatic carbocycles. The molecule has 0 spiro atoms. The molecule has 1 N–H and O–H groups in total. The van der Waals surface area contributed by atoms with Gasteiger partial charge in [0.1, 0.15) is 0 Å². The van der Waals surface area contributed by atoms with Crippen LogP contribution in [-0.4, -0.2) is 14.8 Å². The molecule has 0 saturated heterocycles. The fourth-order valence-electron chi connectivity index (χ4n) is 2.94. The summed E-state index contributed by atoms with van der Waals surface area (Å²) in [5.74, 6) is 0. The van der Waals surface area contributed by atoms with Crippen LogP contribution in [0.4, 0.5) is 0 Å². The number of fused-ring (bicyclic) bond motifs is 1. The number of aryl methyl sites for hydroxylation is 2. The van der Waals surface area contributed by atoms with E-state index in [9.17, 15) is 0 Å². The van der Waals surface area contributed by atoms with Crippen LogP contribution in [-0.2, 0) is 6.54 Å². The number of nitrogens with zero attached hydrogens (tertiary/aromatic N) is 2. The van der Waals surface area contributed by atoms with E-state index in [0.29, 0.717) is 0 Å². The van der Waals surface area contributed by atoms with Crippen LogP contribution in [0.1, 0.15) is 16.8 Å². The second-order valence-electron chi connectivity index (χ2n) is 6.00. The Morgan fingerprint density at radius 1 is 1.09 bits per heavy atom. The maximum Gasteiger partial charge on any atom is 0.0653 e. The molecule has 0 amide bonds. The number of benzene rings is 2. The zero-order valence-corrected chi connectivity index (χ0v) is 13.3. The van der Waals surface area contributed by atoms with Gasteiger partial charge in [0.2, 0.25) is 0 Å². The first kappa shape index (κ1) is 13.8. The molecule has 113 valence electrons. The number of hydrogen-bond acceptors (Lipinski definition) is 1. The van der Waals surface area contributed by atoms with Gasteiger partial charge in [-0.05, 0) is 37.1 Å². The minimum absolute atomic E-state index is 0.827. The summed E-state index contributed by atoms with van der Waals surface area (Å²) in [6, 6.07) is 20.5. The zero-order chi connectivity index (χ0) is 15.8. The summed E-state index contributed by atoms with van der Waals surface area (Å²) in [4.78, 5) is 0. The Morgan fingerprint density at radius 2 is 1.91 bits per heavy atom. The van der Waals surface area contributed by atoms with Gasteiger partial charge in [-0.15, -0.1) is 0 Å². The minimum Gasteiger partial charge on any atom is -0.340 e. The summed E-state index contributed by atoms with van der Waals surface area (Å²) in [6.07, 6.45) is 1.85. The fraction of sp³-hybridized carbons (Fsp3) is 0.150. The molecule has 0 aliphatic heterocycles. The van der Waals surface area contributed by atoms with Crippen molar-refractivity contribution in [3.8, 4) is 11.3 Å². The van der Waals surface area contributed by atoms with Gasteiger partial charge in [-0.1, -0.05) is 42.0 Å². The van der Waals surface area contributed by atoms with Crippen LogP contribution in [0.2, 0.25) is 0 Å². The normalized spacial score (nSPS) is 11.2. The van der Waals surface area contributed by atoms with Gasteiger partial charge in [-0.25, -0.2) is 0 Å². The van der Waals surface area contributed by atoms with Gasteiger partial charge in [0.25, 0.3) is 0 Å². The van der Waals surface area contributed by atoms with Crippen molar-refractivity contribution in [3.05, 3.63) is 77.6 Å². The third-order valence-corrected chi connectivity index (χ3v) is 4.31. The molecule has 23 heavy (non-hydrogen) atoms. The smallest absolute Gasteiger partial charge is 0.0653 e. The van der Waals surface area contributed by atoms with E-state index >= 15 is 0 Å². The summed E-state index contributed by atoms with van der Waals surface area (Å²) in [5, 5.41) is 8.27. The first-order valence-corrected chi connectivity index (χ1v) is 7.77. The van der Waals surface area contributed by atoms with Gasteiger partial charge in [-0.3, -0.25) is 5.10 Å². The molecule has 0 fully saturated rings. The molecule has 4 rings (SSSR count). The zero-order valence-electron chi connectivity index (χ0n) is 13.3.